The Morgan fingerprint density at radius 2 is 1.62 bits per heavy atom. The van der Waals surface area contributed by atoms with Gasteiger partial charge in [0, 0.05) is 16.1 Å². The van der Waals surface area contributed by atoms with Gasteiger partial charge >= 0.3 is 0 Å². The van der Waals surface area contributed by atoms with Crippen LogP contribution in [0.3, 0.4) is 0 Å². The molecule has 0 spiro atoms. The monoisotopic (exact) mass is 369 g/mol. The second kappa shape index (κ2) is 8.36. The van der Waals surface area contributed by atoms with Gasteiger partial charge in [0.2, 0.25) is 0 Å². The molecule has 6 heteroatoms. The summed E-state index contributed by atoms with van der Waals surface area (Å²) in [7, 11) is 0. The van der Waals surface area contributed by atoms with Crippen molar-refractivity contribution in [2.45, 2.75) is 6.54 Å². The molecule has 1 heterocycles. The summed E-state index contributed by atoms with van der Waals surface area (Å²) < 4.78 is 10.6. The van der Waals surface area contributed by atoms with Gasteiger partial charge in [0.05, 0.1) is 12.8 Å². The van der Waals surface area contributed by atoms with Crippen LogP contribution >= 0.6 is 11.6 Å². The van der Waals surface area contributed by atoms with Gasteiger partial charge < -0.3 is 14.5 Å². The van der Waals surface area contributed by atoms with Crippen LogP contribution in [0.4, 0.5) is 0 Å². The van der Waals surface area contributed by atoms with Crippen molar-refractivity contribution in [2.24, 2.45) is 0 Å². The van der Waals surface area contributed by atoms with Crippen LogP contribution in [0.15, 0.2) is 71.3 Å². The van der Waals surface area contributed by atoms with Crippen molar-refractivity contribution in [3.05, 3.63) is 88.8 Å². The zero-order valence-electron chi connectivity index (χ0n) is 13.8. The maximum Gasteiger partial charge on any atom is 0.258 e. The Kier molecular flexibility index (Phi) is 5.71. The molecule has 0 fully saturated rings. The van der Waals surface area contributed by atoms with E-state index in [4.69, 9.17) is 20.8 Å². The van der Waals surface area contributed by atoms with E-state index in [1.165, 1.54) is 0 Å². The fraction of sp³-hybridized carbons (Fsp3) is 0.100. The first-order chi connectivity index (χ1) is 12.6. The van der Waals surface area contributed by atoms with Crippen LogP contribution in [0.5, 0.6) is 5.75 Å². The van der Waals surface area contributed by atoms with Gasteiger partial charge in [0.25, 0.3) is 5.91 Å². The summed E-state index contributed by atoms with van der Waals surface area (Å²) in [5.41, 5.74) is 1.09. The lowest BCUT2D eigenvalue weighted by molar-refractivity contribution is -0.123. The second-order valence-corrected chi connectivity index (χ2v) is 5.94. The summed E-state index contributed by atoms with van der Waals surface area (Å²) in [5, 5.41) is 3.27. The zero-order chi connectivity index (χ0) is 18.4. The first-order valence-corrected chi connectivity index (χ1v) is 8.32. The third-order valence-electron chi connectivity index (χ3n) is 3.63. The van der Waals surface area contributed by atoms with Crippen molar-refractivity contribution >= 4 is 23.3 Å². The Bertz CT molecular complexity index is 871. The van der Waals surface area contributed by atoms with E-state index in [0.29, 0.717) is 34.2 Å². The minimum Gasteiger partial charge on any atom is -0.484 e. The average Bonchev–Trinajstić information content (AvgIpc) is 3.19. The smallest absolute Gasteiger partial charge is 0.258 e. The molecule has 1 amide bonds. The number of ether oxygens (including phenoxy) is 1. The van der Waals surface area contributed by atoms with E-state index in [1.807, 2.05) is 0 Å². The largest absolute Gasteiger partial charge is 0.484 e. The Balaban J connectivity index is 1.51. The van der Waals surface area contributed by atoms with Crippen LogP contribution in [0, 0.1) is 0 Å². The molecular weight excluding hydrogens is 354 g/mol. The lowest BCUT2D eigenvalue weighted by atomic mass is 10.0. The van der Waals surface area contributed by atoms with Gasteiger partial charge in [-0.3, -0.25) is 9.59 Å². The molecule has 5 nitrogen and oxygen atoms in total. The molecule has 0 saturated heterocycles. The summed E-state index contributed by atoms with van der Waals surface area (Å²) in [6.07, 6.45) is 1.55. The van der Waals surface area contributed by atoms with E-state index in [-0.39, 0.29) is 18.3 Å². The van der Waals surface area contributed by atoms with Gasteiger partial charge in [-0.05, 0) is 60.7 Å². The molecule has 0 saturated carbocycles. The third-order valence-corrected chi connectivity index (χ3v) is 3.88. The molecule has 0 radical (unpaired) electrons. The van der Waals surface area contributed by atoms with E-state index in [0.717, 1.165) is 0 Å². The first-order valence-electron chi connectivity index (χ1n) is 7.94. The zero-order valence-corrected chi connectivity index (χ0v) is 14.5. The molecule has 26 heavy (non-hydrogen) atoms. The van der Waals surface area contributed by atoms with Crippen molar-refractivity contribution in [3.8, 4) is 5.75 Å². The number of hydrogen-bond acceptors (Lipinski definition) is 4. The molecule has 0 atom stereocenters. The number of furan rings is 1. The highest BCUT2D eigenvalue weighted by molar-refractivity contribution is 6.30. The van der Waals surface area contributed by atoms with Crippen LogP contribution in [-0.4, -0.2) is 18.3 Å². The predicted molar refractivity (Wildman–Crippen MR) is 97.4 cm³/mol. The quantitative estimate of drug-likeness (QED) is 0.642. The van der Waals surface area contributed by atoms with Crippen LogP contribution in [0.1, 0.15) is 21.7 Å². The number of carbonyl (C=O) groups is 2. The van der Waals surface area contributed by atoms with Gasteiger partial charge in [-0.25, -0.2) is 0 Å². The lowest BCUT2D eigenvalue weighted by Gasteiger charge is -2.07. The maximum atomic E-state index is 12.4. The first kappa shape index (κ1) is 17.8. The second-order valence-electron chi connectivity index (χ2n) is 5.51. The SMILES string of the molecule is O=C(COc1ccc(C(=O)c2ccc(Cl)cc2)cc1)NCc1ccco1. The highest BCUT2D eigenvalue weighted by Crippen LogP contribution is 2.17. The molecule has 1 aromatic heterocycles. The number of nitrogens with one attached hydrogen (secondary N) is 1. The Morgan fingerprint density at radius 3 is 2.23 bits per heavy atom. The molecule has 2 aromatic carbocycles. The fourth-order valence-corrected chi connectivity index (χ4v) is 2.40. The highest BCUT2D eigenvalue weighted by atomic mass is 35.5. The van der Waals surface area contributed by atoms with Crippen molar-refractivity contribution in [3.63, 3.8) is 0 Å². The normalized spacial score (nSPS) is 10.3. The fourth-order valence-electron chi connectivity index (χ4n) is 2.27. The number of rotatable bonds is 7. The Labute approximate surface area is 155 Å². The summed E-state index contributed by atoms with van der Waals surface area (Å²) in [6.45, 7) is 0.189. The summed E-state index contributed by atoms with van der Waals surface area (Å²) in [4.78, 5) is 24.1. The number of benzene rings is 2. The van der Waals surface area contributed by atoms with Crippen LogP contribution in [-0.2, 0) is 11.3 Å². The van der Waals surface area contributed by atoms with E-state index in [1.54, 1.807) is 66.9 Å². The van der Waals surface area contributed by atoms with E-state index < -0.39 is 0 Å². The van der Waals surface area contributed by atoms with E-state index >= 15 is 0 Å². The minimum absolute atomic E-state index is 0.107. The summed E-state index contributed by atoms with van der Waals surface area (Å²) >= 11 is 5.83. The molecule has 0 bridgehead atoms. The minimum atomic E-state index is -0.261. The molecular formula is C20H16ClNO4. The van der Waals surface area contributed by atoms with Crippen molar-refractivity contribution in [1.29, 1.82) is 0 Å². The third kappa shape index (κ3) is 4.74. The summed E-state index contributed by atoms with van der Waals surface area (Å²) in [5.74, 6) is 0.807. The molecule has 0 aliphatic rings. The van der Waals surface area contributed by atoms with Crippen molar-refractivity contribution < 1.29 is 18.7 Å². The van der Waals surface area contributed by atoms with Crippen LogP contribution in [0.2, 0.25) is 5.02 Å². The topological polar surface area (TPSA) is 68.5 Å². The van der Waals surface area contributed by atoms with Gasteiger partial charge in [0.15, 0.2) is 12.4 Å². The molecule has 3 rings (SSSR count). The van der Waals surface area contributed by atoms with Crippen LogP contribution in [0.25, 0.3) is 0 Å². The molecule has 0 unspecified atom stereocenters. The van der Waals surface area contributed by atoms with Crippen molar-refractivity contribution in [2.75, 3.05) is 6.61 Å². The van der Waals surface area contributed by atoms with Gasteiger partial charge in [0.1, 0.15) is 11.5 Å². The number of halogens is 1. The van der Waals surface area contributed by atoms with E-state index in [2.05, 4.69) is 5.32 Å². The molecule has 3 aromatic rings. The standard InChI is InChI=1S/C20H16ClNO4/c21-16-7-3-14(4-8-16)20(24)15-5-9-17(10-6-15)26-13-19(23)22-12-18-2-1-11-25-18/h1-11H,12-13H2,(H,22,23). The van der Waals surface area contributed by atoms with Gasteiger partial charge in [-0.2, -0.15) is 0 Å². The van der Waals surface area contributed by atoms with Gasteiger partial charge in [-0.15, -0.1) is 0 Å². The van der Waals surface area contributed by atoms with Crippen LogP contribution < -0.4 is 10.1 Å². The Morgan fingerprint density at radius 1 is 0.962 bits per heavy atom. The average molecular weight is 370 g/mol. The van der Waals surface area contributed by atoms with E-state index in [9.17, 15) is 9.59 Å². The number of hydrogen-bond donors (Lipinski definition) is 1. The number of carbonyl (C=O) groups excluding carboxylic acids is 2. The van der Waals surface area contributed by atoms with Crippen molar-refractivity contribution in [1.82, 2.24) is 5.32 Å². The number of amides is 1. The Hall–Kier alpha value is -3.05. The molecule has 1 N–H and O–H groups in total. The highest BCUT2D eigenvalue weighted by Gasteiger charge is 2.09. The number of ketones is 1. The summed E-state index contributed by atoms with van der Waals surface area (Å²) in [6, 6.07) is 16.9. The molecule has 0 aliphatic heterocycles. The molecule has 132 valence electrons. The lowest BCUT2D eigenvalue weighted by Crippen LogP contribution is -2.28. The predicted octanol–water partition coefficient (Wildman–Crippen LogP) is 3.86. The van der Waals surface area contributed by atoms with Gasteiger partial charge in [-0.1, -0.05) is 11.6 Å². The molecule has 0 aliphatic carbocycles. The maximum absolute atomic E-state index is 12.4.